The number of carbonyl (C=O) groups excluding carboxylic acids is 3. The lowest BCUT2D eigenvalue weighted by Crippen LogP contribution is -2.51. The molecule has 0 radical (unpaired) electrons. The fourth-order valence-corrected chi connectivity index (χ4v) is 1.97. The molecule has 8 nitrogen and oxygen atoms in total. The van der Waals surface area contributed by atoms with Gasteiger partial charge in [0.15, 0.2) is 0 Å². The summed E-state index contributed by atoms with van der Waals surface area (Å²) in [6.07, 6.45) is -1.51. The number of hydrogen-bond acceptors (Lipinski definition) is 6. The van der Waals surface area contributed by atoms with E-state index >= 15 is 0 Å². The van der Waals surface area contributed by atoms with Crippen molar-refractivity contribution < 1.29 is 28.6 Å². The van der Waals surface area contributed by atoms with Crippen LogP contribution in [0.25, 0.3) is 0 Å². The number of ether oxygens (including phenoxy) is 3. The van der Waals surface area contributed by atoms with Gasteiger partial charge in [-0.2, -0.15) is 0 Å². The van der Waals surface area contributed by atoms with Gasteiger partial charge in [0.25, 0.3) is 0 Å². The summed E-state index contributed by atoms with van der Waals surface area (Å²) in [7, 11) is 0. The molecule has 1 aromatic rings. The predicted molar refractivity (Wildman–Crippen MR) is 104 cm³/mol. The first-order valence-electron chi connectivity index (χ1n) is 9.03. The van der Waals surface area contributed by atoms with Crippen LogP contribution in [0.2, 0.25) is 0 Å². The highest BCUT2D eigenvalue weighted by atomic mass is 16.6. The molecule has 0 saturated heterocycles. The first-order valence-corrected chi connectivity index (χ1v) is 9.03. The van der Waals surface area contributed by atoms with Crippen molar-refractivity contribution in [2.75, 3.05) is 6.54 Å². The molecule has 8 heteroatoms. The number of alkyl carbamates (subject to hydrolysis) is 2. The van der Waals surface area contributed by atoms with Gasteiger partial charge in [-0.1, -0.05) is 30.3 Å². The zero-order valence-electron chi connectivity index (χ0n) is 17.3. The molecular formula is C20H30N2O6. The Bertz CT molecular complexity index is 662. The van der Waals surface area contributed by atoms with Gasteiger partial charge in [0.05, 0.1) is 6.54 Å². The predicted octanol–water partition coefficient (Wildman–Crippen LogP) is 3.15. The third-order valence-corrected chi connectivity index (χ3v) is 3.05. The van der Waals surface area contributed by atoms with Crippen LogP contribution in [0.5, 0.6) is 0 Å². The lowest BCUT2D eigenvalue weighted by Gasteiger charge is -2.25. The van der Waals surface area contributed by atoms with E-state index in [-0.39, 0.29) is 13.2 Å². The third-order valence-electron chi connectivity index (χ3n) is 3.05. The van der Waals surface area contributed by atoms with E-state index in [0.717, 1.165) is 5.56 Å². The van der Waals surface area contributed by atoms with E-state index in [4.69, 9.17) is 14.2 Å². The van der Waals surface area contributed by atoms with E-state index in [1.54, 1.807) is 41.5 Å². The van der Waals surface area contributed by atoms with E-state index in [1.807, 2.05) is 30.3 Å². The Morgan fingerprint density at radius 2 is 1.46 bits per heavy atom. The summed E-state index contributed by atoms with van der Waals surface area (Å²) in [5, 5.41) is 4.87. The van der Waals surface area contributed by atoms with Crippen LogP contribution >= 0.6 is 0 Å². The van der Waals surface area contributed by atoms with Crippen molar-refractivity contribution in [1.29, 1.82) is 0 Å². The van der Waals surface area contributed by atoms with Crippen molar-refractivity contribution in [3.63, 3.8) is 0 Å². The molecule has 0 aliphatic carbocycles. The van der Waals surface area contributed by atoms with Gasteiger partial charge >= 0.3 is 18.2 Å². The Morgan fingerprint density at radius 3 is 2.00 bits per heavy atom. The van der Waals surface area contributed by atoms with E-state index in [2.05, 4.69) is 10.6 Å². The van der Waals surface area contributed by atoms with Gasteiger partial charge in [0, 0.05) is 0 Å². The fraction of sp³-hybridized carbons (Fsp3) is 0.550. The van der Waals surface area contributed by atoms with Gasteiger partial charge < -0.3 is 24.8 Å². The maximum Gasteiger partial charge on any atom is 0.408 e. The maximum atomic E-state index is 12.4. The molecule has 0 unspecified atom stereocenters. The van der Waals surface area contributed by atoms with Gasteiger partial charge in [-0.15, -0.1) is 0 Å². The highest BCUT2D eigenvalue weighted by molar-refractivity contribution is 5.82. The molecule has 1 atom stereocenters. The summed E-state index contributed by atoms with van der Waals surface area (Å²) in [4.78, 5) is 36.3. The number of carbonyl (C=O) groups is 3. The molecule has 0 aromatic heterocycles. The summed E-state index contributed by atoms with van der Waals surface area (Å²) in [6, 6.07) is 7.99. The smallest absolute Gasteiger partial charge is 0.408 e. The van der Waals surface area contributed by atoms with Crippen molar-refractivity contribution in [3.8, 4) is 0 Å². The number of benzene rings is 1. The molecule has 0 aliphatic rings. The molecule has 0 aliphatic heterocycles. The van der Waals surface area contributed by atoms with Crippen LogP contribution in [-0.4, -0.2) is 41.9 Å². The molecule has 0 fully saturated rings. The van der Waals surface area contributed by atoms with Crippen molar-refractivity contribution in [2.24, 2.45) is 0 Å². The largest absolute Gasteiger partial charge is 0.458 e. The quantitative estimate of drug-likeness (QED) is 0.568. The van der Waals surface area contributed by atoms with E-state index in [0.29, 0.717) is 0 Å². The molecule has 1 aromatic carbocycles. The molecular weight excluding hydrogens is 364 g/mol. The standard InChI is InChI=1S/C20H30N2O6/c1-19(2,3)27-16(23)15(12-21-17(24)28-20(4,5)6)22-18(25)26-13-14-10-8-7-9-11-14/h7-11,15H,12-13H2,1-6H3,(H,21,24)(H,22,25)/t15-/m0/s1. The number of amides is 2. The average molecular weight is 394 g/mol. The summed E-state index contributed by atoms with van der Waals surface area (Å²) in [5.74, 6) is -0.694. The first kappa shape index (κ1) is 23.3. The van der Waals surface area contributed by atoms with Crippen LogP contribution in [0.4, 0.5) is 9.59 Å². The second-order valence-corrected chi connectivity index (χ2v) is 8.17. The molecule has 0 saturated carbocycles. The summed E-state index contributed by atoms with van der Waals surface area (Å²) in [6.45, 7) is 10.1. The van der Waals surface area contributed by atoms with Crippen molar-refractivity contribution in [3.05, 3.63) is 35.9 Å². The van der Waals surface area contributed by atoms with Crippen LogP contribution in [-0.2, 0) is 25.6 Å². The van der Waals surface area contributed by atoms with E-state index < -0.39 is 35.4 Å². The minimum Gasteiger partial charge on any atom is -0.458 e. The highest BCUT2D eigenvalue weighted by Crippen LogP contribution is 2.10. The molecule has 156 valence electrons. The zero-order valence-corrected chi connectivity index (χ0v) is 17.3. The van der Waals surface area contributed by atoms with Gasteiger partial charge in [-0.05, 0) is 47.1 Å². The number of esters is 1. The second kappa shape index (κ2) is 9.96. The normalized spacial score (nSPS) is 12.5. The molecule has 0 spiro atoms. The number of hydrogen-bond donors (Lipinski definition) is 2. The molecule has 2 N–H and O–H groups in total. The van der Waals surface area contributed by atoms with Gasteiger partial charge in [-0.3, -0.25) is 0 Å². The average Bonchev–Trinajstić information content (AvgIpc) is 2.54. The first-order chi connectivity index (χ1) is 12.9. The Labute approximate surface area is 165 Å². The van der Waals surface area contributed by atoms with Crippen LogP contribution in [0.15, 0.2) is 30.3 Å². The number of rotatable bonds is 6. The van der Waals surface area contributed by atoms with Gasteiger partial charge in [0.2, 0.25) is 0 Å². The Hall–Kier alpha value is -2.77. The summed E-state index contributed by atoms with van der Waals surface area (Å²) >= 11 is 0. The lowest BCUT2D eigenvalue weighted by atomic mass is 10.2. The Morgan fingerprint density at radius 1 is 0.893 bits per heavy atom. The van der Waals surface area contributed by atoms with Crippen molar-refractivity contribution in [2.45, 2.75) is 65.4 Å². The van der Waals surface area contributed by atoms with E-state index in [1.165, 1.54) is 0 Å². The van der Waals surface area contributed by atoms with Gasteiger partial charge in [-0.25, -0.2) is 14.4 Å². The fourth-order valence-electron chi connectivity index (χ4n) is 1.97. The lowest BCUT2D eigenvalue weighted by molar-refractivity contribution is -0.157. The van der Waals surface area contributed by atoms with Crippen molar-refractivity contribution in [1.82, 2.24) is 10.6 Å². The molecule has 1 rings (SSSR count). The monoisotopic (exact) mass is 394 g/mol. The minimum atomic E-state index is -1.13. The van der Waals surface area contributed by atoms with Gasteiger partial charge in [0.1, 0.15) is 23.9 Å². The Balaban J connectivity index is 2.67. The Kier molecular flexibility index (Phi) is 8.28. The summed E-state index contributed by atoms with van der Waals surface area (Å²) in [5.41, 5.74) is -0.636. The van der Waals surface area contributed by atoms with Crippen LogP contribution in [0, 0.1) is 0 Å². The third kappa shape index (κ3) is 10.4. The zero-order chi connectivity index (χ0) is 21.4. The van der Waals surface area contributed by atoms with E-state index in [9.17, 15) is 14.4 Å². The van der Waals surface area contributed by atoms with Crippen molar-refractivity contribution >= 4 is 18.2 Å². The second-order valence-electron chi connectivity index (χ2n) is 8.17. The van der Waals surface area contributed by atoms with Crippen LogP contribution in [0.1, 0.15) is 47.1 Å². The van der Waals surface area contributed by atoms with Crippen LogP contribution in [0.3, 0.4) is 0 Å². The SMILES string of the molecule is CC(C)(C)OC(=O)NC[C@H](NC(=O)OCc1ccccc1)C(=O)OC(C)(C)C. The minimum absolute atomic E-state index is 0.0488. The topological polar surface area (TPSA) is 103 Å². The highest BCUT2D eigenvalue weighted by Gasteiger charge is 2.28. The molecule has 0 bridgehead atoms. The maximum absolute atomic E-state index is 12.4. The molecule has 0 heterocycles. The number of nitrogens with one attached hydrogen (secondary N) is 2. The summed E-state index contributed by atoms with van der Waals surface area (Å²) < 4.78 is 15.6. The van der Waals surface area contributed by atoms with Crippen LogP contribution < -0.4 is 10.6 Å². The molecule has 28 heavy (non-hydrogen) atoms. The molecule has 2 amide bonds.